The van der Waals surface area contributed by atoms with Crippen molar-refractivity contribution < 1.29 is 33.7 Å². The third-order valence-electron chi connectivity index (χ3n) is 7.08. The largest absolute Gasteiger partial charge is 0.388 e. The molecule has 36 heavy (non-hydrogen) atoms. The van der Waals surface area contributed by atoms with Gasteiger partial charge in [-0.15, -0.1) is 0 Å². The van der Waals surface area contributed by atoms with Gasteiger partial charge in [-0.05, 0) is 31.1 Å². The Morgan fingerprint density at radius 1 is 0.917 bits per heavy atom. The fourth-order valence-electron chi connectivity index (χ4n) is 4.80. The quantitative estimate of drug-likeness (QED) is 0.150. The van der Waals surface area contributed by atoms with Gasteiger partial charge < -0.3 is 36.5 Å². The van der Waals surface area contributed by atoms with Crippen molar-refractivity contribution in [2.45, 2.75) is 103 Å². The van der Waals surface area contributed by atoms with Crippen LogP contribution in [0.2, 0.25) is 0 Å². The first kappa shape index (κ1) is 32.3. The lowest BCUT2D eigenvalue weighted by Crippen LogP contribution is -2.46. The molecular weight excluding hydrogens is 466 g/mol. The van der Waals surface area contributed by atoms with Crippen LogP contribution in [0.3, 0.4) is 0 Å². The van der Waals surface area contributed by atoms with Crippen LogP contribution in [-0.2, 0) is 28.6 Å². The minimum atomic E-state index is -1.03. The first-order chi connectivity index (χ1) is 17.1. The van der Waals surface area contributed by atoms with Gasteiger partial charge in [0.1, 0.15) is 6.10 Å². The molecule has 1 saturated heterocycles. The molecule has 1 heterocycles. The van der Waals surface area contributed by atoms with E-state index in [1.165, 1.54) is 6.42 Å². The predicted molar refractivity (Wildman–Crippen MR) is 137 cm³/mol. The lowest BCUT2D eigenvalue weighted by molar-refractivity contribution is -0.158. The summed E-state index contributed by atoms with van der Waals surface area (Å²) in [4.78, 5) is 35.3. The zero-order valence-electron chi connectivity index (χ0n) is 22.3. The summed E-state index contributed by atoms with van der Waals surface area (Å²) in [6, 6.07) is 0. The number of aliphatic hydroxyl groups is 1. The summed E-state index contributed by atoms with van der Waals surface area (Å²) in [6.07, 6.45) is 6.49. The van der Waals surface area contributed by atoms with E-state index in [1.807, 2.05) is 0 Å². The normalized spacial score (nSPS) is 16.8. The Balaban J connectivity index is 2.72. The maximum atomic E-state index is 11.8. The SMILES string of the molecule is CCCCCCCC(CCC(CC(N)=O)(CC(N)=O)CC(N)=O)OCC(O)COCC1(CC)COC1. The maximum absolute atomic E-state index is 11.8. The number of carbonyl (C=O) groups is 3. The van der Waals surface area contributed by atoms with E-state index in [-0.39, 0.29) is 44.0 Å². The predicted octanol–water partition coefficient (Wildman–Crippen LogP) is 1.93. The van der Waals surface area contributed by atoms with E-state index < -0.39 is 29.2 Å². The standard InChI is InChI=1S/C26H49N3O7/c1-3-5-6-7-8-9-21(36-16-20(30)15-34-17-25(4-2)18-35-19-25)10-11-26(12-22(27)31,13-23(28)32)14-24(29)33/h20-21,30H,3-19H2,1-2H3,(H2,27,31)(H2,28,32)(H2,29,33). The van der Waals surface area contributed by atoms with Gasteiger partial charge in [-0.25, -0.2) is 0 Å². The summed E-state index contributed by atoms with van der Waals surface area (Å²) < 4.78 is 17.1. The highest BCUT2D eigenvalue weighted by Crippen LogP contribution is 2.37. The number of hydrogen-bond donors (Lipinski definition) is 4. The van der Waals surface area contributed by atoms with Crippen LogP contribution in [0.25, 0.3) is 0 Å². The number of primary amides is 3. The van der Waals surface area contributed by atoms with Crippen LogP contribution in [0.4, 0.5) is 0 Å². The molecule has 1 aliphatic rings. The topological polar surface area (TPSA) is 177 Å². The van der Waals surface area contributed by atoms with E-state index in [2.05, 4.69) is 13.8 Å². The van der Waals surface area contributed by atoms with Gasteiger partial charge in [-0.3, -0.25) is 14.4 Å². The minimum absolute atomic E-state index is 0.0478. The average Bonchev–Trinajstić information content (AvgIpc) is 2.75. The van der Waals surface area contributed by atoms with Crippen molar-refractivity contribution in [2.75, 3.05) is 33.0 Å². The van der Waals surface area contributed by atoms with Crippen molar-refractivity contribution in [3.63, 3.8) is 0 Å². The number of ether oxygens (including phenoxy) is 3. The molecule has 1 fully saturated rings. The number of unbranched alkanes of at least 4 members (excludes halogenated alkanes) is 4. The van der Waals surface area contributed by atoms with E-state index >= 15 is 0 Å². The molecule has 0 spiro atoms. The Bertz CT molecular complexity index is 624. The summed E-state index contributed by atoms with van der Waals surface area (Å²) >= 11 is 0. The van der Waals surface area contributed by atoms with Crippen LogP contribution >= 0.6 is 0 Å². The number of aliphatic hydroxyl groups excluding tert-OH is 1. The zero-order valence-corrected chi connectivity index (χ0v) is 22.3. The third-order valence-corrected chi connectivity index (χ3v) is 7.08. The van der Waals surface area contributed by atoms with Gasteiger partial charge in [0, 0.05) is 24.7 Å². The molecule has 3 amide bonds. The number of hydrogen-bond acceptors (Lipinski definition) is 7. The molecule has 1 aliphatic heterocycles. The number of rotatable bonds is 23. The first-order valence-electron chi connectivity index (χ1n) is 13.4. The van der Waals surface area contributed by atoms with Crippen LogP contribution in [0, 0.1) is 10.8 Å². The molecule has 10 nitrogen and oxygen atoms in total. The van der Waals surface area contributed by atoms with Crippen LogP contribution in [-0.4, -0.2) is 68.1 Å². The van der Waals surface area contributed by atoms with Gasteiger partial charge in [-0.1, -0.05) is 46.0 Å². The Labute approximate surface area is 215 Å². The van der Waals surface area contributed by atoms with Gasteiger partial charge in [-0.2, -0.15) is 0 Å². The molecule has 1 rings (SSSR count). The lowest BCUT2D eigenvalue weighted by atomic mass is 9.73. The van der Waals surface area contributed by atoms with Crippen LogP contribution in [0.15, 0.2) is 0 Å². The molecule has 0 aromatic carbocycles. The molecule has 0 aliphatic carbocycles. The molecule has 7 N–H and O–H groups in total. The fourth-order valence-corrected chi connectivity index (χ4v) is 4.80. The van der Waals surface area contributed by atoms with Gasteiger partial charge in [0.15, 0.2) is 0 Å². The van der Waals surface area contributed by atoms with Crippen LogP contribution in [0.1, 0.15) is 90.9 Å². The van der Waals surface area contributed by atoms with E-state index in [4.69, 9.17) is 31.4 Å². The molecule has 10 heteroatoms. The number of nitrogens with two attached hydrogens (primary N) is 3. The first-order valence-corrected chi connectivity index (χ1v) is 13.4. The second-order valence-corrected chi connectivity index (χ2v) is 10.6. The minimum Gasteiger partial charge on any atom is -0.388 e. The molecule has 0 bridgehead atoms. The van der Waals surface area contributed by atoms with Gasteiger partial charge >= 0.3 is 0 Å². The molecule has 2 atom stereocenters. The monoisotopic (exact) mass is 515 g/mol. The number of carbonyl (C=O) groups excluding carboxylic acids is 3. The van der Waals surface area contributed by atoms with Gasteiger partial charge in [0.25, 0.3) is 0 Å². The lowest BCUT2D eigenvalue weighted by Gasteiger charge is -2.40. The second-order valence-electron chi connectivity index (χ2n) is 10.6. The Kier molecular flexibility index (Phi) is 15.1. The van der Waals surface area contributed by atoms with E-state index in [9.17, 15) is 19.5 Å². The Morgan fingerprint density at radius 3 is 1.97 bits per heavy atom. The molecule has 0 aromatic heterocycles. The molecule has 0 aromatic rings. The van der Waals surface area contributed by atoms with Gasteiger partial charge in [0.05, 0.1) is 39.1 Å². The highest BCUT2D eigenvalue weighted by molar-refractivity contribution is 5.81. The van der Waals surface area contributed by atoms with Crippen molar-refractivity contribution in [3.05, 3.63) is 0 Å². The summed E-state index contributed by atoms with van der Waals surface area (Å²) in [7, 11) is 0. The molecule has 210 valence electrons. The summed E-state index contributed by atoms with van der Waals surface area (Å²) in [5, 5.41) is 10.4. The highest BCUT2D eigenvalue weighted by atomic mass is 16.5. The fraction of sp³-hybridized carbons (Fsp3) is 0.885. The molecule has 0 saturated carbocycles. The molecular formula is C26H49N3O7. The maximum Gasteiger partial charge on any atom is 0.218 e. The van der Waals surface area contributed by atoms with E-state index in [0.717, 1.165) is 38.5 Å². The van der Waals surface area contributed by atoms with Gasteiger partial charge in [0.2, 0.25) is 17.7 Å². The number of amides is 3. The van der Waals surface area contributed by atoms with E-state index in [0.29, 0.717) is 32.7 Å². The summed E-state index contributed by atoms with van der Waals surface area (Å²) in [5.74, 6) is -1.86. The van der Waals surface area contributed by atoms with Crippen LogP contribution < -0.4 is 17.2 Å². The van der Waals surface area contributed by atoms with Crippen molar-refractivity contribution in [1.29, 1.82) is 0 Å². The van der Waals surface area contributed by atoms with E-state index in [1.54, 1.807) is 0 Å². The molecule has 0 radical (unpaired) electrons. The van der Waals surface area contributed by atoms with Crippen molar-refractivity contribution >= 4 is 17.7 Å². The molecule has 2 unspecified atom stereocenters. The van der Waals surface area contributed by atoms with Crippen molar-refractivity contribution in [2.24, 2.45) is 28.0 Å². The highest BCUT2D eigenvalue weighted by Gasteiger charge is 2.38. The zero-order chi connectivity index (χ0) is 27.0. The Morgan fingerprint density at radius 2 is 1.50 bits per heavy atom. The smallest absolute Gasteiger partial charge is 0.218 e. The van der Waals surface area contributed by atoms with Crippen molar-refractivity contribution in [1.82, 2.24) is 0 Å². The second kappa shape index (κ2) is 16.9. The summed E-state index contributed by atoms with van der Waals surface area (Å²) in [5.41, 5.74) is 15.3. The third kappa shape index (κ3) is 13.0. The van der Waals surface area contributed by atoms with Crippen LogP contribution in [0.5, 0.6) is 0 Å². The average molecular weight is 516 g/mol. The van der Waals surface area contributed by atoms with Crippen molar-refractivity contribution in [3.8, 4) is 0 Å². The summed E-state index contributed by atoms with van der Waals surface area (Å²) in [6.45, 7) is 6.43. The Hall–Kier alpha value is -1.75.